The Balaban J connectivity index is 1.84. The molecule has 0 aliphatic heterocycles. The normalized spacial score (nSPS) is 15.8. The number of nitrogens with one attached hydrogen (secondary N) is 1. The summed E-state index contributed by atoms with van der Waals surface area (Å²) in [7, 11) is -3.50. The molecule has 1 unspecified atom stereocenters. The van der Waals surface area contributed by atoms with Crippen LogP contribution in [-0.2, 0) is 16.4 Å². The second-order valence-corrected chi connectivity index (χ2v) is 7.17. The average molecular weight is 314 g/mol. The van der Waals surface area contributed by atoms with Crippen LogP contribution < -0.4 is 4.72 Å². The fourth-order valence-electron chi connectivity index (χ4n) is 2.62. The fourth-order valence-corrected chi connectivity index (χ4v) is 4.01. The first-order valence-electron chi connectivity index (χ1n) is 7.28. The molecule has 0 radical (unpaired) electrons. The molecule has 0 spiro atoms. The standard InChI is InChI=1S/C17H18N2O2S/c1-13(17-8-4-5-11-18-17)19-22(20,21)16-10-9-14-6-2-3-7-15(14)12-16/h2-8,11-13,19H,9-10H2,1H3. The Morgan fingerprint density at radius 2 is 1.86 bits per heavy atom. The first kappa shape index (κ1) is 14.9. The van der Waals surface area contributed by atoms with Crippen molar-refractivity contribution < 1.29 is 8.42 Å². The van der Waals surface area contributed by atoms with E-state index in [1.165, 1.54) is 5.56 Å². The molecule has 0 fully saturated rings. The maximum Gasteiger partial charge on any atom is 0.237 e. The highest BCUT2D eigenvalue weighted by atomic mass is 32.2. The van der Waals surface area contributed by atoms with Crippen molar-refractivity contribution in [3.8, 4) is 0 Å². The Bertz CT molecular complexity index is 798. The van der Waals surface area contributed by atoms with Crippen LogP contribution in [0.15, 0.2) is 53.6 Å². The molecule has 1 aliphatic rings. The topological polar surface area (TPSA) is 59.1 Å². The van der Waals surface area contributed by atoms with Crippen molar-refractivity contribution >= 4 is 16.1 Å². The molecule has 114 valence electrons. The molecule has 0 bridgehead atoms. The van der Waals surface area contributed by atoms with Gasteiger partial charge in [-0.3, -0.25) is 4.98 Å². The summed E-state index contributed by atoms with van der Waals surface area (Å²) in [5, 5.41) is 0. The summed E-state index contributed by atoms with van der Waals surface area (Å²) in [5.74, 6) is 0. The fraction of sp³-hybridized carbons (Fsp3) is 0.235. The molecule has 1 aliphatic carbocycles. The first-order chi connectivity index (χ1) is 10.6. The van der Waals surface area contributed by atoms with E-state index in [1.54, 1.807) is 19.2 Å². The van der Waals surface area contributed by atoms with Gasteiger partial charge in [-0.25, -0.2) is 13.1 Å². The number of aromatic nitrogens is 1. The molecule has 1 aromatic carbocycles. The molecule has 2 aromatic rings. The lowest BCUT2D eigenvalue weighted by Gasteiger charge is -2.19. The largest absolute Gasteiger partial charge is 0.260 e. The molecule has 0 saturated heterocycles. The summed E-state index contributed by atoms with van der Waals surface area (Å²) in [5.41, 5.74) is 2.89. The zero-order chi connectivity index (χ0) is 15.6. The van der Waals surface area contributed by atoms with E-state index >= 15 is 0 Å². The monoisotopic (exact) mass is 314 g/mol. The summed E-state index contributed by atoms with van der Waals surface area (Å²) in [4.78, 5) is 4.64. The van der Waals surface area contributed by atoms with Gasteiger partial charge in [0, 0.05) is 6.20 Å². The predicted molar refractivity (Wildman–Crippen MR) is 87.4 cm³/mol. The van der Waals surface area contributed by atoms with Gasteiger partial charge in [0.2, 0.25) is 10.0 Å². The maximum absolute atomic E-state index is 12.6. The molecule has 5 heteroatoms. The molecule has 1 heterocycles. The van der Waals surface area contributed by atoms with Gasteiger partial charge in [-0.15, -0.1) is 0 Å². The van der Waals surface area contributed by atoms with E-state index < -0.39 is 10.0 Å². The van der Waals surface area contributed by atoms with E-state index in [0.29, 0.717) is 17.0 Å². The van der Waals surface area contributed by atoms with Crippen LogP contribution in [0.3, 0.4) is 0 Å². The lowest BCUT2D eigenvalue weighted by Crippen LogP contribution is -2.29. The van der Waals surface area contributed by atoms with Crippen LogP contribution in [0.1, 0.15) is 36.2 Å². The highest BCUT2D eigenvalue weighted by molar-refractivity contribution is 7.93. The quantitative estimate of drug-likeness (QED) is 0.943. The van der Waals surface area contributed by atoms with E-state index in [9.17, 15) is 8.42 Å². The first-order valence-corrected chi connectivity index (χ1v) is 8.76. The number of rotatable bonds is 4. The van der Waals surface area contributed by atoms with E-state index in [2.05, 4.69) is 9.71 Å². The van der Waals surface area contributed by atoms with E-state index in [0.717, 1.165) is 12.0 Å². The second kappa shape index (κ2) is 6.02. The van der Waals surface area contributed by atoms with Gasteiger partial charge in [0.05, 0.1) is 16.6 Å². The van der Waals surface area contributed by atoms with Gasteiger partial charge >= 0.3 is 0 Å². The third kappa shape index (κ3) is 3.10. The molecule has 0 saturated carbocycles. The number of nitrogens with zero attached hydrogens (tertiary/aromatic N) is 1. The SMILES string of the molecule is CC(NS(=O)(=O)C1=Cc2ccccc2CC1)c1ccccn1. The van der Waals surface area contributed by atoms with Crippen LogP contribution in [-0.4, -0.2) is 13.4 Å². The third-order valence-corrected chi connectivity index (χ3v) is 5.50. The summed E-state index contributed by atoms with van der Waals surface area (Å²) in [6.07, 6.45) is 4.71. The maximum atomic E-state index is 12.6. The number of sulfonamides is 1. The average Bonchev–Trinajstić information content (AvgIpc) is 2.55. The highest BCUT2D eigenvalue weighted by Crippen LogP contribution is 2.27. The Kier molecular flexibility index (Phi) is 4.09. The Hall–Kier alpha value is -1.98. The summed E-state index contributed by atoms with van der Waals surface area (Å²) in [6, 6.07) is 13.0. The molecular weight excluding hydrogens is 296 g/mol. The summed E-state index contributed by atoms with van der Waals surface area (Å²) >= 11 is 0. The van der Waals surface area contributed by atoms with Crippen LogP contribution >= 0.6 is 0 Å². The minimum Gasteiger partial charge on any atom is -0.260 e. The van der Waals surface area contributed by atoms with Gasteiger partial charge in [-0.1, -0.05) is 30.3 Å². The second-order valence-electron chi connectivity index (χ2n) is 5.41. The molecule has 0 amide bonds. The van der Waals surface area contributed by atoms with Crippen LogP contribution in [0.4, 0.5) is 0 Å². The summed E-state index contributed by atoms with van der Waals surface area (Å²) < 4.78 is 27.9. The minimum absolute atomic E-state index is 0.357. The van der Waals surface area contributed by atoms with Crippen molar-refractivity contribution in [2.75, 3.05) is 0 Å². The van der Waals surface area contributed by atoms with Crippen LogP contribution in [0.2, 0.25) is 0 Å². The van der Waals surface area contributed by atoms with E-state index in [-0.39, 0.29) is 6.04 Å². The molecule has 1 atom stereocenters. The number of aryl methyl sites for hydroxylation is 1. The molecule has 22 heavy (non-hydrogen) atoms. The number of hydrogen-bond donors (Lipinski definition) is 1. The van der Waals surface area contributed by atoms with Crippen LogP contribution in [0.5, 0.6) is 0 Å². The number of benzene rings is 1. The number of hydrogen-bond acceptors (Lipinski definition) is 3. The Morgan fingerprint density at radius 3 is 2.64 bits per heavy atom. The van der Waals surface area contributed by atoms with E-state index in [1.807, 2.05) is 42.5 Å². The van der Waals surface area contributed by atoms with Crippen molar-refractivity contribution in [2.24, 2.45) is 0 Å². The van der Waals surface area contributed by atoms with Gasteiger partial charge in [0.25, 0.3) is 0 Å². The number of pyridine rings is 1. The smallest absolute Gasteiger partial charge is 0.237 e. The van der Waals surface area contributed by atoms with Gasteiger partial charge in [-0.05, 0) is 49.1 Å². The molecular formula is C17H18N2O2S. The van der Waals surface area contributed by atoms with Gasteiger partial charge < -0.3 is 0 Å². The number of fused-ring (bicyclic) bond motifs is 1. The lowest BCUT2D eigenvalue weighted by atomic mass is 9.98. The lowest BCUT2D eigenvalue weighted by molar-refractivity contribution is 0.568. The zero-order valence-electron chi connectivity index (χ0n) is 12.4. The highest BCUT2D eigenvalue weighted by Gasteiger charge is 2.24. The number of allylic oxidation sites excluding steroid dienone is 1. The van der Waals surface area contributed by atoms with Crippen molar-refractivity contribution in [3.05, 3.63) is 70.4 Å². The van der Waals surface area contributed by atoms with Crippen molar-refractivity contribution in [3.63, 3.8) is 0 Å². The van der Waals surface area contributed by atoms with Gasteiger partial charge in [-0.2, -0.15) is 0 Å². The van der Waals surface area contributed by atoms with Gasteiger partial charge in [0.15, 0.2) is 0 Å². The van der Waals surface area contributed by atoms with Crippen molar-refractivity contribution in [1.82, 2.24) is 9.71 Å². The van der Waals surface area contributed by atoms with Crippen molar-refractivity contribution in [1.29, 1.82) is 0 Å². The van der Waals surface area contributed by atoms with Crippen LogP contribution in [0, 0.1) is 0 Å². The summed E-state index contributed by atoms with van der Waals surface area (Å²) in [6.45, 7) is 1.80. The zero-order valence-corrected chi connectivity index (χ0v) is 13.2. The van der Waals surface area contributed by atoms with Gasteiger partial charge in [0.1, 0.15) is 0 Å². The molecule has 1 N–H and O–H groups in total. The minimum atomic E-state index is -3.50. The Labute approximate surface area is 131 Å². The molecule has 3 rings (SSSR count). The predicted octanol–water partition coefficient (Wildman–Crippen LogP) is 3.05. The van der Waals surface area contributed by atoms with Crippen molar-refractivity contribution in [2.45, 2.75) is 25.8 Å². The molecule has 4 nitrogen and oxygen atoms in total. The van der Waals surface area contributed by atoms with Crippen LogP contribution in [0.25, 0.3) is 6.08 Å². The van der Waals surface area contributed by atoms with E-state index in [4.69, 9.17) is 0 Å². The molecule has 1 aromatic heterocycles. The Morgan fingerprint density at radius 1 is 1.09 bits per heavy atom. The third-order valence-electron chi connectivity index (χ3n) is 3.82.